The van der Waals surface area contributed by atoms with Crippen molar-refractivity contribution < 1.29 is 32.2 Å². The van der Waals surface area contributed by atoms with Crippen LogP contribution in [0.5, 0.6) is 23.0 Å². The van der Waals surface area contributed by atoms with Crippen LogP contribution in [-0.4, -0.2) is 80.5 Å². The Labute approximate surface area is 282 Å². The Morgan fingerprint density at radius 2 is 1.79 bits per heavy atom. The summed E-state index contributed by atoms with van der Waals surface area (Å²) >= 11 is 6.99. The van der Waals surface area contributed by atoms with E-state index in [1.165, 1.54) is 24.4 Å². The maximum atomic E-state index is 14.5. The molecule has 2 heterocycles. The van der Waals surface area contributed by atoms with Crippen LogP contribution in [0.1, 0.15) is 11.3 Å². The second-order valence-corrected chi connectivity index (χ2v) is 11.7. The molecule has 0 saturated carbocycles. The van der Waals surface area contributed by atoms with Crippen LogP contribution in [0, 0.1) is 5.82 Å². The highest BCUT2D eigenvalue weighted by atomic mass is 35.5. The number of hydrogen-bond donors (Lipinski definition) is 2. The highest BCUT2D eigenvalue weighted by Crippen LogP contribution is 2.43. The van der Waals surface area contributed by atoms with Gasteiger partial charge in [0.15, 0.2) is 23.1 Å². The molecule has 48 heavy (non-hydrogen) atoms. The van der Waals surface area contributed by atoms with Crippen molar-refractivity contribution in [2.75, 3.05) is 57.7 Å². The normalized spacial score (nSPS) is 15.1. The fraction of sp³-hybridized carbons (Fsp3) is 0.353. The van der Waals surface area contributed by atoms with Gasteiger partial charge in [-0.05, 0) is 55.1 Å². The van der Waals surface area contributed by atoms with E-state index < -0.39 is 24.7 Å². The van der Waals surface area contributed by atoms with Crippen molar-refractivity contribution in [1.82, 2.24) is 20.0 Å². The number of rotatable bonds is 14. The van der Waals surface area contributed by atoms with E-state index in [-0.39, 0.29) is 29.0 Å². The lowest BCUT2D eigenvalue weighted by Gasteiger charge is -2.41. The molecule has 0 aliphatic carbocycles. The zero-order valence-corrected chi connectivity index (χ0v) is 27.6. The Bertz CT molecular complexity index is 1710. The van der Waals surface area contributed by atoms with E-state index in [1.54, 1.807) is 38.5 Å². The van der Waals surface area contributed by atoms with Crippen molar-refractivity contribution in [3.05, 3.63) is 89.0 Å². The molecule has 1 fully saturated rings. The molecule has 256 valence electrons. The molecule has 0 bridgehead atoms. The predicted molar refractivity (Wildman–Crippen MR) is 178 cm³/mol. The van der Waals surface area contributed by atoms with Gasteiger partial charge in [0.05, 0.1) is 37.7 Å². The van der Waals surface area contributed by atoms with Gasteiger partial charge in [0, 0.05) is 45.0 Å². The second-order valence-electron chi connectivity index (χ2n) is 11.4. The van der Waals surface area contributed by atoms with Crippen molar-refractivity contribution >= 4 is 28.9 Å². The summed E-state index contributed by atoms with van der Waals surface area (Å²) in [5.74, 6) is 0.602. The molecule has 2 N–H and O–H groups in total. The molecule has 10 nitrogen and oxygen atoms in total. The number of halogens is 4. The van der Waals surface area contributed by atoms with Crippen molar-refractivity contribution in [2.24, 2.45) is 0 Å². The third-order valence-corrected chi connectivity index (χ3v) is 8.39. The summed E-state index contributed by atoms with van der Waals surface area (Å²) in [6.45, 7) is 2.54. The molecule has 0 unspecified atom stereocenters. The predicted octanol–water partition coefficient (Wildman–Crippen LogP) is 5.84. The molecule has 1 aromatic heterocycles. The number of likely N-dealkylation sites (N-methyl/N-ethyl adjacent to an activating group) is 1. The fourth-order valence-corrected chi connectivity index (χ4v) is 5.85. The molecular weight excluding hydrogens is 649 g/mol. The summed E-state index contributed by atoms with van der Waals surface area (Å²) in [6.07, 6.45) is -1.28. The third kappa shape index (κ3) is 8.71. The number of amides is 1. The van der Waals surface area contributed by atoms with Gasteiger partial charge in [-0.2, -0.15) is 5.10 Å². The largest absolute Gasteiger partial charge is 0.493 e. The molecule has 4 aromatic rings. The molecule has 0 radical (unpaired) electrons. The SMILES string of the molecule is COc1ccc(CNC[C@H]2CN(c3c(NC(=O)Cc4ccn(CC(F)F)n4)ccc(Oc4ccccc4F)c3Cl)CCN2C)cc1OC. The van der Waals surface area contributed by atoms with E-state index >= 15 is 0 Å². The number of methoxy groups -OCH3 is 2. The molecule has 1 amide bonds. The summed E-state index contributed by atoms with van der Waals surface area (Å²) in [4.78, 5) is 17.5. The number of ether oxygens (including phenoxy) is 3. The maximum Gasteiger partial charge on any atom is 0.257 e. The molecule has 5 rings (SSSR count). The average Bonchev–Trinajstić information content (AvgIpc) is 3.49. The minimum absolute atomic E-state index is 0.0112. The number of alkyl halides is 2. The van der Waals surface area contributed by atoms with Crippen LogP contribution in [0.25, 0.3) is 0 Å². The Morgan fingerprint density at radius 3 is 2.54 bits per heavy atom. The van der Waals surface area contributed by atoms with Crippen LogP contribution in [0.3, 0.4) is 0 Å². The van der Waals surface area contributed by atoms with E-state index in [9.17, 15) is 18.0 Å². The van der Waals surface area contributed by atoms with E-state index in [2.05, 4.69) is 32.6 Å². The molecule has 1 aliphatic rings. The number of piperazine rings is 1. The van der Waals surface area contributed by atoms with Crippen molar-refractivity contribution in [3.8, 4) is 23.0 Å². The minimum Gasteiger partial charge on any atom is -0.493 e. The first-order valence-corrected chi connectivity index (χ1v) is 15.7. The standard InChI is InChI=1S/C34H38ClF3N6O4/c1-42-14-15-43(20-24(42)19-39-18-22-8-10-28(46-2)30(16-22)47-3)34-26(40-32(45)17-23-12-13-44(41-23)21-31(37)38)9-11-29(33(34)35)48-27-7-5-4-6-25(27)36/h4-13,16,24,31,39H,14-15,17-21H2,1-3H3,(H,40,45)/t24-/m0/s1. The zero-order chi connectivity index (χ0) is 34.2. The number of hydrogen-bond acceptors (Lipinski definition) is 8. The Kier molecular flexibility index (Phi) is 11.7. The van der Waals surface area contributed by atoms with Crippen LogP contribution in [-0.2, 0) is 24.3 Å². The molecule has 0 spiro atoms. The highest BCUT2D eigenvalue weighted by Gasteiger charge is 2.29. The number of aromatic nitrogens is 2. The number of nitrogens with one attached hydrogen (secondary N) is 2. The first kappa shape index (κ1) is 34.9. The minimum atomic E-state index is -2.56. The van der Waals surface area contributed by atoms with Gasteiger partial charge in [-0.3, -0.25) is 14.4 Å². The Morgan fingerprint density at radius 1 is 1.02 bits per heavy atom. The van der Waals surface area contributed by atoms with Gasteiger partial charge in [0.2, 0.25) is 5.91 Å². The van der Waals surface area contributed by atoms with Crippen LogP contribution in [0.4, 0.5) is 24.5 Å². The number of benzene rings is 3. The third-order valence-electron chi connectivity index (χ3n) is 8.02. The number of carbonyl (C=O) groups is 1. The highest BCUT2D eigenvalue weighted by molar-refractivity contribution is 6.35. The van der Waals surface area contributed by atoms with Gasteiger partial charge in [-0.25, -0.2) is 13.2 Å². The first-order valence-electron chi connectivity index (χ1n) is 15.4. The van der Waals surface area contributed by atoms with Crippen molar-refractivity contribution in [1.29, 1.82) is 0 Å². The van der Waals surface area contributed by atoms with Gasteiger partial charge < -0.3 is 29.7 Å². The van der Waals surface area contributed by atoms with E-state index in [0.717, 1.165) is 10.2 Å². The van der Waals surface area contributed by atoms with Gasteiger partial charge in [-0.15, -0.1) is 0 Å². The molecule has 3 aromatic carbocycles. The van der Waals surface area contributed by atoms with E-state index in [0.29, 0.717) is 61.3 Å². The summed E-state index contributed by atoms with van der Waals surface area (Å²) in [7, 11) is 5.25. The van der Waals surface area contributed by atoms with Crippen LogP contribution in [0.15, 0.2) is 66.9 Å². The first-order chi connectivity index (χ1) is 23.1. The monoisotopic (exact) mass is 686 g/mol. The lowest BCUT2D eigenvalue weighted by atomic mass is 10.1. The van der Waals surface area contributed by atoms with Crippen molar-refractivity contribution in [2.45, 2.75) is 32.0 Å². The number of anilines is 2. The fourth-order valence-electron chi connectivity index (χ4n) is 5.52. The maximum absolute atomic E-state index is 14.5. The molecule has 1 saturated heterocycles. The summed E-state index contributed by atoms with van der Waals surface area (Å²) in [5.41, 5.74) is 2.34. The number of para-hydroxylation sites is 1. The zero-order valence-electron chi connectivity index (χ0n) is 26.9. The Hall–Kier alpha value is -4.46. The van der Waals surface area contributed by atoms with Crippen LogP contribution in [0.2, 0.25) is 5.02 Å². The van der Waals surface area contributed by atoms with Crippen molar-refractivity contribution in [3.63, 3.8) is 0 Å². The molecular formula is C34H38ClF3N6O4. The van der Waals surface area contributed by atoms with Crippen LogP contribution >= 0.6 is 11.6 Å². The van der Waals surface area contributed by atoms with Gasteiger partial charge in [0.25, 0.3) is 6.43 Å². The van der Waals surface area contributed by atoms with Gasteiger partial charge in [-0.1, -0.05) is 29.8 Å². The lowest BCUT2D eigenvalue weighted by molar-refractivity contribution is -0.115. The Balaban J connectivity index is 1.35. The number of nitrogens with zero attached hydrogens (tertiary/aromatic N) is 4. The molecule has 14 heteroatoms. The number of carbonyl (C=O) groups excluding carboxylic acids is 1. The lowest BCUT2D eigenvalue weighted by Crippen LogP contribution is -2.55. The molecule has 1 aliphatic heterocycles. The smallest absolute Gasteiger partial charge is 0.257 e. The van der Waals surface area contributed by atoms with E-state index in [4.69, 9.17) is 25.8 Å². The topological polar surface area (TPSA) is 93.1 Å². The van der Waals surface area contributed by atoms with Gasteiger partial charge in [0.1, 0.15) is 17.3 Å². The summed E-state index contributed by atoms with van der Waals surface area (Å²) in [5, 5.41) is 10.7. The summed E-state index contributed by atoms with van der Waals surface area (Å²) < 4.78 is 57.8. The van der Waals surface area contributed by atoms with E-state index in [1.807, 2.05) is 18.2 Å². The van der Waals surface area contributed by atoms with Gasteiger partial charge >= 0.3 is 0 Å². The summed E-state index contributed by atoms with van der Waals surface area (Å²) in [6, 6.07) is 16.6. The van der Waals surface area contributed by atoms with Crippen LogP contribution < -0.4 is 29.7 Å². The second kappa shape index (κ2) is 16.1. The average molecular weight is 687 g/mol. The quantitative estimate of drug-likeness (QED) is 0.171. The molecule has 1 atom stereocenters.